The van der Waals surface area contributed by atoms with Crippen molar-refractivity contribution in [1.29, 1.82) is 0 Å². The quantitative estimate of drug-likeness (QED) is 0.585. The third kappa shape index (κ3) is 5.43. The third-order valence-electron chi connectivity index (χ3n) is 5.04. The Morgan fingerprint density at radius 3 is 2.37 bits per heavy atom. The van der Waals surface area contributed by atoms with Gasteiger partial charge in [-0.2, -0.15) is 0 Å². The summed E-state index contributed by atoms with van der Waals surface area (Å²) in [7, 11) is 0. The van der Waals surface area contributed by atoms with Gasteiger partial charge in [-0.15, -0.1) is 11.3 Å². The zero-order chi connectivity index (χ0) is 19.1. The molecule has 1 aromatic heterocycles. The Labute approximate surface area is 166 Å². The van der Waals surface area contributed by atoms with Gasteiger partial charge in [0.1, 0.15) is 0 Å². The Kier molecular flexibility index (Phi) is 7.06. The Bertz CT molecular complexity index is 701. The summed E-state index contributed by atoms with van der Waals surface area (Å²) >= 11 is 1.69. The van der Waals surface area contributed by atoms with Crippen molar-refractivity contribution in [3.8, 4) is 0 Å². The average molecular weight is 387 g/mol. The van der Waals surface area contributed by atoms with Gasteiger partial charge in [0.25, 0.3) is 0 Å². The largest absolute Gasteiger partial charge is 0.370 e. The first-order chi connectivity index (χ1) is 13.2. The molecule has 2 aromatic rings. The van der Waals surface area contributed by atoms with Gasteiger partial charge < -0.3 is 15.5 Å². The predicted molar refractivity (Wildman–Crippen MR) is 114 cm³/mol. The van der Waals surface area contributed by atoms with Crippen molar-refractivity contribution >= 4 is 22.4 Å². The van der Waals surface area contributed by atoms with E-state index in [-0.39, 0.29) is 0 Å². The molecule has 0 amide bonds. The molecule has 1 aromatic carbocycles. The first kappa shape index (κ1) is 19.6. The molecule has 0 atom stereocenters. The lowest BCUT2D eigenvalue weighted by molar-refractivity contribution is 0.296. The summed E-state index contributed by atoms with van der Waals surface area (Å²) in [5.74, 6) is 0.640. The van der Waals surface area contributed by atoms with E-state index in [0.717, 1.165) is 50.9 Å². The Hall–Kier alpha value is -2.12. The molecule has 0 saturated carbocycles. The molecule has 2 heterocycles. The fraction of sp³-hybridized carbons (Fsp3) is 0.500. The van der Waals surface area contributed by atoms with Crippen LogP contribution in [-0.2, 0) is 13.1 Å². The molecular formula is C20H30N6S. The third-order valence-corrected chi connectivity index (χ3v) is 5.87. The molecule has 6 nitrogen and oxygen atoms in total. The van der Waals surface area contributed by atoms with Gasteiger partial charge in [-0.1, -0.05) is 38.1 Å². The number of guanidine groups is 1. The van der Waals surface area contributed by atoms with E-state index >= 15 is 0 Å². The first-order valence-electron chi connectivity index (χ1n) is 9.69. The molecule has 27 heavy (non-hydrogen) atoms. The standard InChI is InChI=1S/C20H30N6S/c1-3-24(4-2)16-18-7-5-17(6-8-18)15-23-19(21)25-10-12-26(13-11-25)20-22-9-14-27-20/h5-9,14H,3-4,10-13,15-16H2,1-2H3,(H2,21,23). The van der Waals surface area contributed by atoms with Crippen LogP contribution in [0.2, 0.25) is 0 Å². The molecule has 146 valence electrons. The van der Waals surface area contributed by atoms with Gasteiger partial charge in [0, 0.05) is 44.3 Å². The molecule has 7 heteroatoms. The van der Waals surface area contributed by atoms with Gasteiger partial charge in [0.2, 0.25) is 0 Å². The van der Waals surface area contributed by atoms with Crippen LogP contribution in [0.25, 0.3) is 0 Å². The molecule has 1 saturated heterocycles. The number of hydrogen-bond acceptors (Lipinski definition) is 5. The lowest BCUT2D eigenvalue weighted by Crippen LogP contribution is -2.51. The number of aromatic nitrogens is 1. The second-order valence-corrected chi connectivity index (χ2v) is 7.61. The predicted octanol–water partition coefficient (Wildman–Crippen LogP) is 2.62. The molecule has 0 spiro atoms. The van der Waals surface area contributed by atoms with Crippen molar-refractivity contribution < 1.29 is 0 Å². The zero-order valence-corrected chi connectivity index (χ0v) is 17.2. The molecule has 0 bridgehead atoms. The first-order valence-corrected chi connectivity index (χ1v) is 10.6. The van der Waals surface area contributed by atoms with E-state index in [2.05, 4.69) is 62.8 Å². The van der Waals surface area contributed by atoms with Crippen LogP contribution in [0.4, 0.5) is 5.13 Å². The molecule has 0 aliphatic carbocycles. The number of aliphatic imine (C=N–C) groups is 1. The smallest absolute Gasteiger partial charge is 0.191 e. The molecule has 1 aliphatic heterocycles. The number of thiazole rings is 1. The van der Waals surface area contributed by atoms with Gasteiger partial charge in [-0.25, -0.2) is 9.98 Å². The summed E-state index contributed by atoms with van der Waals surface area (Å²) in [5, 5.41) is 3.11. The Morgan fingerprint density at radius 1 is 1.11 bits per heavy atom. The maximum atomic E-state index is 6.23. The van der Waals surface area contributed by atoms with Crippen LogP contribution in [0.15, 0.2) is 40.8 Å². The highest BCUT2D eigenvalue weighted by molar-refractivity contribution is 7.13. The van der Waals surface area contributed by atoms with Crippen LogP contribution < -0.4 is 10.6 Å². The lowest BCUT2D eigenvalue weighted by Gasteiger charge is -2.35. The number of hydrogen-bond donors (Lipinski definition) is 1. The van der Waals surface area contributed by atoms with Gasteiger partial charge >= 0.3 is 0 Å². The molecule has 2 N–H and O–H groups in total. The minimum atomic E-state index is 0.629. The van der Waals surface area contributed by atoms with E-state index in [0.29, 0.717) is 12.5 Å². The highest BCUT2D eigenvalue weighted by Crippen LogP contribution is 2.18. The van der Waals surface area contributed by atoms with Crippen LogP contribution in [0, 0.1) is 0 Å². The SMILES string of the molecule is CCN(CC)Cc1ccc(CN=C(N)N2CCN(c3nccs3)CC2)cc1. The maximum absolute atomic E-state index is 6.23. The number of piperazine rings is 1. The highest BCUT2D eigenvalue weighted by Gasteiger charge is 2.19. The van der Waals surface area contributed by atoms with Crippen molar-refractivity contribution in [3.05, 3.63) is 47.0 Å². The Morgan fingerprint density at radius 2 is 1.78 bits per heavy atom. The van der Waals surface area contributed by atoms with Crippen LogP contribution in [0.3, 0.4) is 0 Å². The lowest BCUT2D eigenvalue weighted by atomic mass is 10.1. The Balaban J connectivity index is 1.49. The molecule has 0 radical (unpaired) electrons. The number of nitrogens with two attached hydrogens (primary N) is 1. The fourth-order valence-electron chi connectivity index (χ4n) is 3.23. The van der Waals surface area contributed by atoms with Crippen LogP contribution in [0.1, 0.15) is 25.0 Å². The second-order valence-electron chi connectivity index (χ2n) is 6.74. The summed E-state index contributed by atoms with van der Waals surface area (Å²) in [5.41, 5.74) is 8.77. The molecular weight excluding hydrogens is 356 g/mol. The van der Waals surface area contributed by atoms with Crippen LogP contribution in [-0.4, -0.2) is 60.0 Å². The van der Waals surface area contributed by atoms with Crippen molar-refractivity contribution in [2.45, 2.75) is 26.9 Å². The van der Waals surface area contributed by atoms with E-state index in [1.54, 1.807) is 11.3 Å². The van der Waals surface area contributed by atoms with Gasteiger partial charge in [0.05, 0.1) is 6.54 Å². The summed E-state index contributed by atoms with van der Waals surface area (Å²) in [6.07, 6.45) is 1.86. The minimum absolute atomic E-state index is 0.629. The van der Waals surface area contributed by atoms with Crippen LogP contribution >= 0.6 is 11.3 Å². The monoisotopic (exact) mass is 386 g/mol. The van der Waals surface area contributed by atoms with E-state index < -0.39 is 0 Å². The van der Waals surface area contributed by atoms with Crippen molar-refractivity contribution in [2.75, 3.05) is 44.2 Å². The fourth-order valence-corrected chi connectivity index (χ4v) is 3.92. The highest BCUT2D eigenvalue weighted by atomic mass is 32.1. The maximum Gasteiger partial charge on any atom is 0.191 e. The van der Waals surface area contributed by atoms with Crippen molar-refractivity contribution in [2.24, 2.45) is 10.7 Å². The van der Waals surface area contributed by atoms with E-state index in [1.165, 1.54) is 11.1 Å². The number of benzene rings is 1. The topological polar surface area (TPSA) is 61.0 Å². The normalized spacial score (nSPS) is 15.6. The second kappa shape index (κ2) is 9.71. The van der Waals surface area contributed by atoms with Gasteiger partial charge in [0.15, 0.2) is 11.1 Å². The summed E-state index contributed by atoms with van der Waals surface area (Å²) in [4.78, 5) is 15.9. The summed E-state index contributed by atoms with van der Waals surface area (Å²) in [6, 6.07) is 8.73. The average Bonchev–Trinajstić information content (AvgIpc) is 3.26. The molecule has 1 fully saturated rings. The molecule has 3 rings (SSSR count). The van der Waals surface area contributed by atoms with Crippen molar-refractivity contribution in [1.82, 2.24) is 14.8 Å². The van der Waals surface area contributed by atoms with Gasteiger partial charge in [-0.3, -0.25) is 4.90 Å². The van der Waals surface area contributed by atoms with E-state index in [4.69, 9.17) is 5.73 Å². The summed E-state index contributed by atoms with van der Waals surface area (Å²) in [6.45, 7) is 11.8. The number of nitrogens with zero attached hydrogens (tertiary/aromatic N) is 5. The summed E-state index contributed by atoms with van der Waals surface area (Å²) < 4.78 is 0. The molecule has 1 aliphatic rings. The minimum Gasteiger partial charge on any atom is -0.370 e. The van der Waals surface area contributed by atoms with E-state index in [9.17, 15) is 0 Å². The number of anilines is 1. The molecule has 0 unspecified atom stereocenters. The number of rotatable bonds is 7. The van der Waals surface area contributed by atoms with Crippen molar-refractivity contribution in [3.63, 3.8) is 0 Å². The zero-order valence-electron chi connectivity index (χ0n) is 16.3. The van der Waals surface area contributed by atoms with Crippen LogP contribution in [0.5, 0.6) is 0 Å². The van der Waals surface area contributed by atoms with E-state index in [1.807, 2.05) is 11.6 Å². The van der Waals surface area contributed by atoms with Gasteiger partial charge in [-0.05, 0) is 24.2 Å².